The van der Waals surface area contributed by atoms with Gasteiger partial charge in [-0.15, -0.1) is 0 Å². The zero-order chi connectivity index (χ0) is 16.5. The van der Waals surface area contributed by atoms with E-state index in [0.717, 1.165) is 5.56 Å². The van der Waals surface area contributed by atoms with Gasteiger partial charge in [0.05, 0.1) is 6.61 Å². The van der Waals surface area contributed by atoms with Crippen LogP contribution in [0.5, 0.6) is 5.75 Å². The Kier molecular flexibility index (Phi) is 7.64. The average molecular weight is 306 g/mol. The monoisotopic (exact) mass is 306 g/mol. The van der Waals surface area contributed by atoms with E-state index in [9.17, 15) is 9.59 Å². The topological polar surface area (TPSA) is 52.6 Å². The molecule has 0 bridgehead atoms. The van der Waals surface area contributed by atoms with E-state index in [1.54, 1.807) is 6.07 Å². The first kappa shape index (κ1) is 18.2. The van der Waals surface area contributed by atoms with Crippen LogP contribution in [0.1, 0.15) is 50.7 Å². The summed E-state index contributed by atoms with van der Waals surface area (Å²) < 4.78 is 10.4. The normalized spacial score (nSPS) is 10.6. The zero-order valence-corrected chi connectivity index (χ0v) is 14.0. The van der Waals surface area contributed by atoms with E-state index in [-0.39, 0.29) is 11.9 Å². The maximum absolute atomic E-state index is 11.7. The number of hydrogen-bond donors (Lipinski definition) is 0. The minimum Gasteiger partial charge on any atom is -0.465 e. The zero-order valence-electron chi connectivity index (χ0n) is 14.0. The van der Waals surface area contributed by atoms with Crippen LogP contribution in [-0.4, -0.2) is 18.5 Å². The van der Waals surface area contributed by atoms with Crippen LogP contribution >= 0.6 is 0 Å². The molecule has 0 heterocycles. The number of carbonyl (C=O) groups excluding carboxylic acids is 2. The molecule has 1 aromatic rings. The summed E-state index contributed by atoms with van der Waals surface area (Å²) in [6.07, 6.45) is 1.92. The molecule has 0 aliphatic carbocycles. The van der Waals surface area contributed by atoms with Gasteiger partial charge in [0.2, 0.25) is 0 Å². The molecule has 122 valence electrons. The standard InChI is InChI=1S/C18H26O4/c1-13(2)12-21-17(19)7-5-6-8-18(20)22-16-10-9-14(3)15(4)11-16/h9-11,13H,5-8,12H2,1-4H3. The van der Waals surface area contributed by atoms with Gasteiger partial charge in [-0.25, -0.2) is 0 Å². The van der Waals surface area contributed by atoms with Crippen molar-refractivity contribution in [2.45, 2.75) is 53.4 Å². The van der Waals surface area contributed by atoms with Crippen LogP contribution in [0.25, 0.3) is 0 Å². The molecular formula is C18H26O4. The Labute approximate surface area is 132 Å². The van der Waals surface area contributed by atoms with Gasteiger partial charge in [-0.2, -0.15) is 0 Å². The summed E-state index contributed by atoms with van der Waals surface area (Å²) in [5.41, 5.74) is 2.26. The van der Waals surface area contributed by atoms with Gasteiger partial charge >= 0.3 is 11.9 Å². The number of rotatable bonds is 8. The molecule has 22 heavy (non-hydrogen) atoms. The molecule has 0 N–H and O–H groups in total. The van der Waals surface area contributed by atoms with Gasteiger partial charge in [0.1, 0.15) is 5.75 Å². The molecule has 4 nitrogen and oxygen atoms in total. The fourth-order valence-electron chi connectivity index (χ4n) is 1.83. The third-order valence-corrected chi connectivity index (χ3v) is 3.30. The number of ether oxygens (including phenoxy) is 2. The SMILES string of the molecule is Cc1ccc(OC(=O)CCCCC(=O)OCC(C)C)cc1C. The maximum atomic E-state index is 11.7. The van der Waals surface area contributed by atoms with E-state index >= 15 is 0 Å². The van der Waals surface area contributed by atoms with Crippen LogP contribution in [0.2, 0.25) is 0 Å². The van der Waals surface area contributed by atoms with Crippen molar-refractivity contribution in [2.75, 3.05) is 6.61 Å². The van der Waals surface area contributed by atoms with Crippen LogP contribution in [0.15, 0.2) is 18.2 Å². The fourth-order valence-corrected chi connectivity index (χ4v) is 1.83. The van der Waals surface area contributed by atoms with Crippen molar-refractivity contribution in [1.29, 1.82) is 0 Å². The first-order valence-corrected chi connectivity index (χ1v) is 7.82. The predicted molar refractivity (Wildman–Crippen MR) is 85.8 cm³/mol. The summed E-state index contributed by atoms with van der Waals surface area (Å²) in [4.78, 5) is 23.1. The summed E-state index contributed by atoms with van der Waals surface area (Å²) in [5.74, 6) is 0.455. The third kappa shape index (κ3) is 7.25. The second kappa shape index (κ2) is 9.23. The second-order valence-electron chi connectivity index (χ2n) is 6.00. The number of benzene rings is 1. The third-order valence-electron chi connectivity index (χ3n) is 3.30. The Hall–Kier alpha value is -1.84. The Morgan fingerprint density at radius 2 is 1.64 bits per heavy atom. The summed E-state index contributed by atoms with van der Waals surface area (Å²) in [7, 11) is 0. The number of hydrogen-bond acceptors (Lipinski definition) is 4. The Balaban J connectivity index is 2.20. The van der Waals surface area contributed by atoms with E-state index in [1.165, 1.54) is 5.56 Å². The van der Waals surface area contributed by atoms with Gasteiger partial charge < -0.3 is 9.47 Å². The molecule has 0 aromatic heterocycles. The molecule has 0 fully saturated rings. The minimum absolute atomic E-state index is 0.198. The summed E-state index contributed by atoms with van der Waals surface area (Å²) in [6, 6.07) is 5.59. The molecule has 1 rings (SSSR count). The molecule has 0 spiro atoms. The highest BCUT2D eigenvalue weighted by Gasteiger charge is 2.08. The molecule has 0 aliphatic heterocycles. The van der Waals surface area contributed by atoms with Crippen molar-refractivity contribution < 1.29 is 19.1 Å². The molecule has 0 saturated heterocycles. The predicted octanol–water partition coefficient (Wildman–Crippen LogP) is 3.97. The van der Waals surface area contributed by atoms with Crippen LogP contribution in [-0.2, 0) is 14.3 Å². The van der Waals surface area contributed by atoms with Crippen molar-refractivity contribution >= 4 is 11.9 Å². The van der Waals surface area contributed by atoms with Crippen molar-refractivity contribution in [1.82, 2.24) is 0 Å². The Morgan fingerprint density at radius 1 is 1.00 bits per heavy atom. The number of carbonyl (C=O) groups is 2. The lowest BCUT2D eigenvalue weighted by molar-refractivity contribution is -0.145. The first-order chi connectivity index (χ1) is 10.4. The van der Waals surface area contributed by atoms with E-state index in [1.807, 2.05) is 39.8 Å². The summed E-state index contributed by atoms with van der Waals surface area (Å²) in [5, 5.41) is 0. The van der Waals surface area contributed by atoms with Crippen LogP contribution < -0.4 is 4.74 Å². The van der Waals surface area contributed by atoms with E-state index in [2.05, 4.69) is 0 Å². The minimum atomic E-state index is -0.265. The van der Waals surface area contributed by atoms with Gasteiger partial charge in [0, 0.05) is 12.8 Å². The highest BCUT2D eigenvalue weighted by Crippen LogP contribution is 2.17. The molecule has 0 aliphatic rings. The van der Waals surface area contributed by atoms with Crippen molar-refractivity contribution in [3.63, 3.8) is 0 Å². The van der Waals surface area contributed by atoms with Crippen LogP contribution in [0, 0.1) is 19.8 Å². The van der Waals surface area contributed by atoms with Crippen molar-refractivity contribution in [3.05, 3.63) is 29.3 Å². The molecule has 4 heteroatoms. The highest BCUT2D eigenvalue weighted by molar-refractivity contribution is 5.72. The van der Waals surface area contributed by atoms with Crippen LogP contribution in [0.4, 0.5) is 0 Å². The van der Waals surface area contributed by atoms with Crippen molar-refractivity contribution in [2.24, 2.45) is 5.92 Å². The lowest BCUT2D eigenvalue weighted by Gasteiger charge is -2.08. The molecule has 0 radical (unpaired) electrons. The maximum Gasteiger partial charge on any atom is 0.311 e. The van der Waals surface area contributed by atoms with Crippen molar-refractivity contribution in [3.8, 4) is 5.75 Å². The Bertz CT molecular complexity index is 506. The molecular weight excluding hydrogens is 280 g/mol. The molecule has 0 amide bonds. The molecule has 0 unspecified atom stereocenters. The molecule has 0 atom stereocenters. The number of aryl methyl sites for hydroxylation is 2. The second-order valence-corrected chi connectivity index (χ2v) is 6.00. The van der Waals surface area contributed by atoms with Gasteiger partial charge in [0.25, 0.3) is 0 Å². The lowest BCUT2D eigenvalue weighted by Crippen LogP contribution is -2.11. The van der Waals surface area contributed by atoms with Gasteiger partial charge in [-0.05, 0) is 55.9 Å². The Morgan fingerprint density at radius 3 is 2.23 bits per heavy atom. The van der Waals surface area contributed by atoms with Crippen LogP contribution in [0.3, 0.4) is 0 Å². The van der Waals surface area contributed by atoms with E-state index < -0.39 is 0 Å². The lowest BCUT2D eigenvalue weighted by atomic mass is 10.1. The van der Waals surface area contributed by atoms with E-state index in [4.69, 9.17) is 9.47 Å². The van der Waals surface area contributed by atoms with E-state index in [0.29, 0.717) is 44.0 Å². The summed E-state index contributed by atoms with van der Waals surface area (Å²) >= 11 is 0. The fraction of sp³-hybridized carbons (Fsp3) is 0.556. The summed E-state index contributed by atoms with van der Waals surface area (Å²) in [6.45, 7) is 8.44. The molecule has 0 saturated carbocycles. The number of esters is 2. The molecule has 1 aromatic carbocycles. The number of unbranched alkanes of at least 4 members (excludes halogenated alkanes) is 1. The highest BCUT2D eigenvalue weighted by atomic mass is 16.5. The average Bonchev–Trinajstić information content (AvgIpc) is 2.45. The quantitative estimate of drug-likeness (QED) is 0.414. The van der Waals surface area contributed by atoms with Gasteiger partial charge in [-0.1, -0.05) is 19.9 Å². The first-order valence-electron chi connectivity index (χ1n) is 7.82. The smallest absolute Gasteiger partial charge is 0.311 e. The van der Waals surface area contributed by atoms with Gasteiger partial charge in [0.15, 0.2) is 0 Å². The largest absolute Gasteiger partial charge is 0.465 e. The van der Waals surface area contributed by atoms with Gasteiger partial charge in [-0.3, -0.25) is 9.59 Å².